The zero-order valence-electron chi connectivity index (χ0n) is 57.9. The minimum absolute atomic E-state index is 0.0691. The maximum absolute atomic E-state index is 15.8. The summed E-state index contributed by atoms with van der Waals surface area (Å²) in [5.41, 5.74) is -1.69. The lowest BCUT2D eigenvalue weighted by Crippen LogP contribution is -2.69. The van der Waals surface area contributed by atoms with Gasteiger partial charge in [-0.1, -0.05) is 65.7 Å². The maximum Gasteiger partial charge on any atom is 0.336 e. The summed E-state index contributed by atoms with van der Waals surface area (Å²) < 4.78 is 42.6. The maximum atomic E-state index is 15.8. The molecule has 10 aliphatic rings. The van der Waals surface area contributed by atoms with Crippen LogP contribution in [0.3, 0.4) is 0 Å². The third kappa shape index (κ3) is 13.2. The van der Waals surface area contributed by atoms with Gasteiger partial charge in [0, 0.05) is 47.3 Å². The summed E-state index contributed by atoms with van der Waals surface area (Å²) in [7, 11) is 0. The molecule has 14 N–H and O–H groups in total. The summed E-state index contributed by atoms with van der Waals surface area (Å²) >= 11 is 5.58. The number of benzene rings is 3. The van der Waals surface area contributed by atoms with Gasteiger partial charge in [0.1, 0.15) is 77.6 Å². The number of aliphatic hydroxyl groups excluding tert-OH is 9. The number of aromatic carboxylic acids is 1. The Labute approximate surface area is 590 Å². The zero-order chi connectivity index (χ0) is 72.8. The van der Waals surface area contributed by atoms with Crippen LogP contribution in [0, 0.1) is 50.2 Å². The summed E-state index contributed by atoms with van der Waals surface area (Å²) in [4.78, 5) is 67.9. The van der Waals surface area contributed by atoms with Crippen molar-refractivity contribution >= 4 is 58.1 Å². The van der Waals surface area contributed by atoms with E-state index in [1.165, 1.54) is 37.3 Å². The lowest BCUT2D eigenvalue weighted by molar-refractivity contribution is -0.370. The molecular formula is C74H97N3O23S. The highest BCUT2D eigenvalue weighted by Gasteiger charge is 2.72. The third-order valence-electron chi connectivity index (χ3n) is 25.1. The number of rotatable bonds is 18. The van der Waals surface area contributed by atoms with Gasteiger partial charge < -0.3 is 110 Å². The van der Waals surface area contributed by atoms with Gasteiger partial charge in [0.15, 0.2) is 29.2 Å². The van der Waals surface area contributed by atoms with E-state index < -0.39 is 157 Å². The number of carbonyl (C=O) groups is 4. The summed E-state index contributed by atoms with van der Waals surface area (Å²) in [5, 5.41) is 133. The van der Waals surface area contributed by atoms with Gasteiger partial charge in [-0.3, -0.25) is 14.4 Å². The number of aliphatic hydroxyl groups is 9. The number of ether oxygens (including phenoxy) is 6. The number of hydrogen-bond donors (Lipinski definition) is 14. The van der Waals surface area contributed by atoms with Gasteiger partial charge in [-0.05, 0) is 171 Å². The molecule has 1 amide bonds. The van der Waals surface area contributed by atoms with Gasteiger partial charge in [0.25, 0.3) is 0 Å². The van der Waals surface area contributed by atoms with Crippen LogP contribution in [-0.4, -0.2) is 203 Å². The predicted octanol–water partition coefficient (Wildman–Crippen LogP) is 4.91. The number of aldehydes is 1. The minimum atomic E-state index is -2.00. The van der Waals surface area contributed by atoms with Crippen LogP contribution in [0.2, 0.25) is 0 Å². The standard InChI is InChI=1S/C74H97N3O23S/c1-35-61(98-64-59(89)56(86)45(82)33-94-64)58(88)60(90)65(95-35)99-62-57(87)55(77-53(85)11-9-8-10-26-75-68(101)76-36-12-15-39(42(27-36)63(91)92)54-40-16-13-37(80)28-46(40)96-47-29-38(81)14-17-41(47)54)48(32-78)97-66(62)100-67(93)74-25-24-69(2,3)30-44(74)43-18-19-50-70(4)22-21-51(83)71(5,34-79)49(70)20-23-72(50,6)73(43,7)31-52(74)84/h12-18,27-29,34-35,44-45,48-52,55-62,64-66,78,80,82-84,86-90H,8-11,19-26,30-33H2,1-7H3,(H,77,85)(H,91,92)(H2,75,76,101)/t35?,44?,45-,48?,49-,50?,51+,52+,55+,56?,57?,58?,59?,60?,61+,62?,64+,65+,66+,70?,71-,72+,73-,74-/m1/s1. The SMILES string of the molecule is CC1O[C@@H](OC2C(O)[C@@H](NC(=O)CCCCCNC(=S)Nc3ccc(-c4c5ccc(=O)cc-5oc5cc(O)ccc45)c(C(=O)O)c3)C(CO)O[C@H]2OC(=O)[C@]23CCC(C)(C)CC2C2=CCC4C5(C)CC[C@H](O)[C@](C)(C=O)[C@@H]5CC[C@]4(C)[C@]2(C)C[C@@H]3O)C(O)C(O)[C@H]1O[C@@H]1OC[C@@H](O)C(O)C1O. The van der Waals surface area contributed by atoms with Crippen molar-refractivity contribution in [1.82, 2.24) is 10.6 Å². The molecule has 6 aliphatic carbocycles. The van der Waals surface area contributed by atoms with Crippen molar-refractivity contribution in [2.45, 2.75) is 230 Å². The quantitative estimate of drug-likeness (QED) is 0.0157. The largest absolute Gasteiger partial charge is 0.508 e. The van der Waals surface area contributed by atoms with E-state index in [9.17, 15) is 75.3 Å². The number of nitrogens with one attached hydrogen (secondary N) is 3. The van der Waals surface area contributed by atoms with E-state index in [0.29, 0.717) is 92.1 Å². The van der Waals surface area contributed by atoms with Gasteiger partial charge >= 0.3 is 11.9 Å². The molecule has 2 aromatic carbocycles. The molecular weight excluding hydrogens is 1330 g/mol. The van der Waals surface area contributed by atoms with Gasteiger partial charge in [-0.15, -0.1) is 0 Å². The van der Waals surface area contributed by atoms with Crippen LogP contribution in [-0.2, 0) is 42.8 Å². The van der Waals surface area contributed by atoms with Crippen molar-refractivity contribution in [3.05, 3.63) is 82.0 Å². The van der Waals surface area contributed by atoms with Gasteiger partial charge in [0.2, 0.25) is 12.2 Å². The Morgan fingerprint density at radius 1 is 0.752 bits per heavy atom. The van der Waals surface area contributed by atoms with Crippen LogP contribution < -0.4 is 21.4 Å². The van der Waals surface area contributed by atoms with E-state index in [1.54, 1.807) is 24.3 Å². The summed E-state index contributed by atoms with van der Waals surface area (Å²) in [5.74, 6) is -3.14. The fourth-order valence-electron chi connectivity index (χ4n) is 19.2. The number of carboxylic acids is 1. The normalized spacial score (nSPS) is 39.6. The predicted molar refractivity (Wildman–Crippen MR) is 366 cm³/mol. The lowest BCUT2D eigenvalue weighted by atomic mass is 9.33. The Morgan fingerprint density at radius 2 is 1.49 bits per heavy atom. The number of phenolic OH excluding ortho intramolecular Hbond substituents is 1. The van der Waals surface area contributed by atoms with Crippen molar-refractivity contribution in [3.63, 3.8) is 0 Å². The number of hydrogen-bond acceptors (Lipinski definition) is 23. The first-order valence-corrected chi connectivity index (χ1v) is 35.7. The van der Waals surface area contributed by atoms with E-state index >= 15 is 4.79 Å². The number of aromatic hydroxyl groups is 1. The third-order valence-corrected chi connectivity index (χ3v) is 25.3. The van der Waals surface area contributed by atoms with Crippen molar-refractivity contribution in [3.8, 4) is 28.2 Å². The molecule has 2 aromatic rings. The molecule has 4 saturated carbocycles. The number of phenols is 1. The Kier molecular flexibility index (Phi) is 21.0. The molecule has 11 unspecified atom stereocenters. The second-order valence-corrected chi connectivity index (χ2v) is 31.9. The second kappa shape index (κ2) is 28.4. The minimum Gasteiger partial charge on any atom is -0.508 e. The molecule has 4 heterocycles. The van der Waals surface area contributed by atoms with E-state index in [2.05, 4.69) is 56.6 Å². The highest BCUT2D eigenvalue weighted by Crippen LogP contribution is 2.76. The fourth-order valence-corrected chi connectivity index (χ4v) is 19.4. The van der Waals surface area contributed by atoms with Crippen LogP contribution in [0.15, 0.2) is 75.5 Å². The molecule has 27 heteroatoms. The highest BCUT2D eigenvalue weighted by atomic mass is 32.1. The molecule has 12 rings (SSSR count). The van der Waals surface area contributed by atoms with Crippen LogP contribution in [0.25, 0.3) is 33.4 Å². The van der Waals surface area contributed by atoms with Crippen molar-refractivity contribution < 1.29 is 108 Å². The molecule has 26 nitrogen and oxygen atoms in total. The number of anilines is 1. The Bertz CT molecular complexity index is 3850. The average Bonchev–Trinajstić information content (AvgIpc) is 0.671. The molecule has 0 radical (unpaired) electrons. The van der Waals surface area contributed by atoms with Gasteiger partial charge in [0.05, 0.1) is 48.5 Å². The van der Waals surface area contributed by atoms with E-state index in [1.807, 2.05) is 6.92 Å². The Hall–Kier alpha value is -6.12. The van der Waals surface area contributed by atoms with Crippen molar-refractivity contribution in [1.29, 1.82) is 0 Å². The average molecular weight is 1430 g/mol. The highest BCUT2D eigenvalue weighted by molar-refractivity contribution is 7.80. The number of carbonyl (C=O) groups excluding carboxylic acids is 3. The van der Waals surface area contributed by atoms with E-state index in [4.69, 9.17) is 45.1 Å². The molecule has 24 atom stereocenters. The molecule has 0 spiro atoms. The van der Waals surface area contributed by atoms with Gasteiger partial charge in [-0.2, -0.15) is 0 Å². The number of carboxylic acid groups (broad SMARTS) is 1. The molecule has 7 fully saturated rings. The molecule has 3 saturated heterocycles. The zero-order valence-corrected chi connectivity index (χ0v) is 58.7. The Morgan fingerprint density at radius 3 is 2.22 bits per heavy atom. The van der Waals surface area contributed by atoms with Crippen LogP contribution >= 0.6 is 12.2 Å². The van der Waals surface area contributed by atoms with Crippen LogP contribution in [0.4, 0.5) is 5.69 Å². The molecule has 0 bridgehead atoms. The summed E-state index contributed by atoms with van der Waals surface area (Å²) in [6.07, 6.45) is -14.9. The van der Waals surface area contributed by atoms with Crippen molar-refractivity contribution in [2.24, 2.45) is 50.2 Å². The topological polar surface area (TPSA) is 412 Å². The van der Waals surface area contributed by atoms with Crippen LogP contribution in [0.5, 0.6) is 5.75 Å². The molecule has 0 aromatic heterocycles. The monoisotopic (exact) mass is 1430 g/mol. The lowest BCUT2D eigenvalue weighted by Gasteiger charge is -2.71. The molecule has 101 heavy (non-hydrogen) atoms. The van der Waals surface area contributed by atoms with E-state index in [-0.39, 0.29) is 75.1 Å². The number of thiocarbonyl (C=S) groups is 1. The number of fused-ring (bicyclic) bond motifs is 9. The first-order chi connectivity index (χ1) is 47.7. The first-order valence-electron chi connectivity index (χ1n) is 35.3. The first kappa shape index (κ1) is 74.6. The number of unbranched alkanes of at least 4 members (excludes halogenated alkanes) is 2. The Balaban J connectivity index is 0.737. The van der Waals surface area contributed by atoms with Crippen LogP contribution in [0.1, 0.15) is 142 Å². The second-order valence-electron chi connectivity index (χ2n) is 31.4. The summed E-state index contributed by atoms with van der Waals surface area (Å²) in [6.45, 7) is 13.4. The molecule has 552 valence electrons. The van der Waals surface area contributed by atoms with E-state index in [0.717, 1.165) is 18.3 Å². The molecule has 4 aliphatic heterocycles. The number of esters is 1. The smallest absolute Gasteiger partial charge is 0.336 e. The number of amides is 1. The van der Waals surface area contributed by atoms with Gasteiger partial charge in [-0.25, -0.2) is 4.79 Å². The van der Waals surface area contributed by atoms with Crippen molar-refractivity contribution in [2.75, 3.05) is 25.1 Å². The summed E-state index contributed by atoms with van der Waals surface area (Å²) in [6, 6.07) is 11.9. The number of allylic oxidation sites excluding steroid dienone is 2. The fraction of sp³-hybridized carbons (Fsp3) is 0.649.